The maximum atomic E-state index is 5.92. The largest absolute Gasteiger partial charge is 0.491 e. The summed E-state index contributed by atoms with van der Waals surface area (Å²) in [5.74, 6) is 2.51. The smallest absolute Gasteiger partial charge is 0.180 e. The molecule has 0 amide bonds. The standard InChI is InChI=1S/C17H18N2O3/c1-10-16(11(2)22-19-10)13-4-5-15-14(6-13)7-17(9-21-15)8-20-12(3)18-17/h4-6H,7-9H2,1-3H3. The Labute approximate surface area is 128 Å². The van der Waals surface area contributed by atoms with E-state index in [4.69, 9.17) is 14.0 Å². The SMILES string of the molecule is CC1=NC2(CO1)COc1ccc(-c3c(C)noc3C)cc1C2. The van der Waals surface area contributed by atoms with E-state index >= 15 is 0 Å². The van der Waals surface area contributed by atoms with Gasteiger partial charge in [-0.2, -0.15) is 0 Å². The Morgan fingerprint density at radius 3 is 2.59 bits per heavy atom. The third-order valence-electron chi connectivity index (χ3n) is 4.34. The third-order valence-corrected chi connectivity index (χ3v) is 4.34. The van der Waals surface area contributed by atoms with Crippen molar-refractivity contribution in [3.63, 3.8) is 0 Å². The highest BCUT2D eigenvalue weighted by Gasteiger charge is 2.40. The van der Waals surface area contributed by atoms with Crippen LogP contribution in [0, 0.1) is 13.8 Å². The molecule has 0 bridgehead atoms. The molecule has 2 aliphatic heterocycles. The van der Waals surface area contributed by atoms with Gasteiger partial charge in [-0.25, -0.2) is 4.99 Å². The second-order valence-corrected chi connectivity index (χ2v) is 6.13. The minimum atomic E-state index is -0.269. The number of benzene rings is 1. The predicted octanol–water partition coefficient (Wildman–Crippen LogP) is 3.08. The molecule has 1 atom stereocenters. The maximum absolute atomic E-state index is 5.92. The topological polar surface area (TPSA) is 56.9 Å². The fourth-order valence-electron chi connectivity index (χ4n) is 3.33. The molecular formula is C17H18N2O3. The number of nitrogens with zero attached hydrogens (tertiary/aromatic N) is 2. The average molecular weight is 298 g/mol. The lowest BCUT2D eigenvalue weighted by Gasteiger charge is -2.30. The van der Waals surface area contributed by atoms with Crippen molar-refractivity contribution < 1.29 is 14.0 Å². The van der Waals surface area contributed by atoms with Crippen molar-refractivity contribution in [1.29, 1.82) is 0 Å². The Bertz CT molecular complexity index is 759. The van der Waals surface area contributed by atoms with Crippen molar-refractivity contribution in [2.75, 3.05) is 13.2 Å². The normalized spacial score (nSPS) is 23.0. The van der Waals surface area contributed by atoms with Crippen LogP contribution in [0.2, 0.25) is 0 Å². The van der Waals surface area contributed by atoms with Crippen LogP contribution in [0.15, 0.2) is 27.7 Å². The molecule has 2 aliphatic rings. The Kier molecular flexibility index (Phi) is 2.79. The van der Waals surface area contributed by atoms with Crippen molar-refractivity contribution >= 4 is 5.90 Å². The lowest BCUT2D eigenvalue weighted by Crippen LogP contribution is -2.41. The molecule has 1 unspecified atom stereocenters. The molecule has 0 saturated heterocycles. The number of hydrogen-bond acceptors (Lipinski definition) is 5. The van der Waals surface area contributed by atoms with Gasteiger partial charge in [0.1, 0.15) is 30.3 Å². The van der Waals surface area contributed by atoms with Crippen LogP contribution in [0.3, 0.4) is 0 Å². The molecule has 5 heteroatoms. The number of fused-ring (bicyclic) bond motifs is 1. The Morgan fingerprint density at radius 1 is 1.09 bits per heavy atom. The van der Waals surface area contributed by atoms with Crippen molar-refractivity contribution in [2.24, 2.45) is 4.99 Å². The second-order valence-electron chi connectivity index (χ2n) is 6.13. The highest BCUT2D eigenvalue weighted by Crippen LogP contribution is 2.37. The van der Waals surface area contributed by atoms with Crippen LogP contribution in [0.25, 0.3) is 11.1 Å². The van der Waals surface area contributed by atoms with E-state index in [9.17, 15) is 0 Å². The second kappa shape index (κ2) is 4.60. The summed E-state index contributed by atoms with van der Waals surface area (Å²) >= 11 is 0. The summed E-state index contributed by atoms with van der Waals surface area (Å²) in [5.41, 5.74) is 3.96. The third kappa shape index (κ3) is 2.00. The Balaban J connectivity index is 1.75. The van der Waals surface area contributed by atoms with Crippen LogP contribution in [-0.4, -0.2) is 29.8 Å². The van der Waals surface area contributed by atoms with E-state index in [1.54, 1.807) is 0 Å². The summed E-state index contributed by atoms with van der Waals surface area (Å²) in [4.78, 5) is 4.64. The van der Waals surface area contributed by atoms with Gasteiger partial charge in [0.15, 0.2) is 5.90 Å². The maximum Gasteiger partial charge on any atom is 0.180 e. The van der Waals surface area contributed by atoms with Crippen LogP contribution in [0.1, 0.15) is 23.9 Å². The zero-order valence-electron chi connectivity index (χ0n) is 13.0. The van der Waals surface area contributed by atoms with Crippen molar-refractivity contribution in [1.82, 2.24) is 5.16 Å². The molecule has 2 aromatic rings. The van der Waals surface area contributed by atoms with Crippen LogP contribution in [0.4, 0.5) is 0 Å². The van der Waals surface area contributed by atoms with Crippen molar-refractivity contribution in [3.8, 4) is 16.9 Å². The molecule has 22 heavy (non-hydrogen) atoms. The molecule has 0 aliphatic carbocycles. The molecule has 1 spiro atoms. The summed E-state index contributed by atoms with van der Waals surface area (Å²) in [6.07, 6.45) is 0.830. The van der Waals surface area contributed by atoms with Crippen LogP contribution < -0.4 is 4.74 Å². The van der Waals surface area contributed by atoms with Gasteiger partial charge >= 0.3 is 0 Å². The van der Waals surface area contributed by atoms with E-state index in [1.807, 2.05) is 26.8 Å². The van der Waals surface area contributed by atoms with Crippen LogP contribution in [0.5, 0.6) is 5.75 Å². The van der Waals surface area contributed by atoms with Crippen molar-refractivity contribution in [3.05, 3.63) is 35.2 Å². The zero-order valence-corrected chi connectivity index (χ0v) is 13.0. The van der Waals surface area contributed by atoms with Crippen molar-refractivity contribution in [2.45, 2.75) is 32.7 Å². The van der Waals surface area contributed by atoms with Gasteiger partial charge in [0.2, 0.25) is 0 Å². The van der Waals surface area contributed by atoms with Gasteiger partial charge in [-0.3, -0.25) is 0 Å². The summed E-state index contributed by atoms with van der Waals surface area (Å²) < 4.78 is 16.7. The lowest BCUT2D eigenvalue weighted by atomic mass is 9.88. The number of ether oxygens (including phenoxy) is 2. The first-order valence-corrected chi connectivity index (χ1v) is 7.45. The Morgan fingerprint density at radius 2 is 1.91 bits per heavy atom. The highest BCUT2D eigenvalue weighted by atomic mass is 16.5. The van der Waals surface area contributed by atoms with E-state index in [2.05, 4.69) is 22.3 Å². The molecule has 114 valence electrons. The molecule has 0 radical (unpaired) electrons. The van der Waals surface area contributed by atoms with Crippen LogP contribution >= 0.6 is 0 Å². The monoisotopic (exact) mass is 298 g/mol. The molecule has 5 nitrogen and oxygen atoms in total. The summed E-state index contributed by atoms with van der Waals surface area (Å²) in [5, 5.41) is 4.04. The van der Waals surface area contributed by atoms with Gasteiger partial charge in [0, 0.05) is 18.9 Å². The number of aliphatic imine (C=N–C) groups is 1. The van der Waals surface area contributed by atoms with E-state index in [0.29, 0.717) is 13.2 Å². The van der Waals surface area contributed by atoms with Crippen LogP contribution in [-0.2, 0) is 11.2 Å². The van der Waals surface area contributed by atoms with Gasteiger partial charge in [-0.05, 0) is 37.1 Å². The molecule has 0 N–H and O–H groups in total. The first-order chi connectivity index (χ1) is 10.6. The minimum Gasteiger partial charge on any atom is -0.491 e. The lowest BCUT2D eigenvalue weighted by molar-refractivity contribution is 0.153. The Hall–Kier alpha value is -2.30. The fourth-order valence-corrected chi connectivity index (χ4v) is 3.33. The molecule has 1 aromatic carbocycles. The predicted molar refractivity (Wildman–Crippen MR) is 82.4 cm³/mol. The molecule has 0 saturated carbocycles. The summed E-state index contributed by atoms with van der Waals surface area (Å²) in [6, 6.07) is 6.24. The average Bonchev–Trinajstić information content (AvgIpc) is 3.01. The van der Waals surface area contributed by atoms with Gasteiger partial charge in [0.05, 0.1) is 5.69 Å². The van der Waals surface area contributed by atoms with Gasteiger partial charge in [-0.15, -0.1) is 0 Å². The molecule has 3 heterocycles. The quantitative estimate of drug-likeness (QED) is 0.812. The fraction of sp³-hybridized carbons (Fsp3) is 0.412. The minimum absolute atomic E-state index is 0.269. The van der Waals surface area contributed by atoms with Gasteiger partial charge in [-0.1, -0.05) is 11.2 Å². The zero-order chi connectivity index (χ0) is 15.3. The molecule has 1 aromatic heterocycles. The molecular weight excluding hydrogens is 280 g/mol. The number of rotatable bonds is 1. The van der Waals surface area contributed by atoms with Gasteiger partial charge in [0.25, 0.3) is 0 Å². The summed E-state index contributed by atoms with van der Waals surface area (Å²) in [6.45, 7) is 6.95. The summed E-state index contributed by atoms with van der Waals surface area (Å²) in [7, 11) is 0. The highest BCUT2D eigenvalue weighted by molar-refractivity contribution is 5.76. The van der Waals surface area contributed by atoms with E-state index < -0.39 is 0 Å². The van der Waals surface area contributed by atoms with E-state index in [1.165, 1.54) is 0 Å². The number of aromatic nitrogens is 1. The molecule has 0 fully saturated rings. The number of hydrogen-bond donors (Lipinski definition) is 0. The first kappa shape index (κ1) is 13.4. The number of aryl methyl sites for hydroxylation is 2. The van der Waals surface area contributed by atoms with E-state index in [0.717, 1.165) is 46.2 Å². The molecule has 4 rings (SSSR count). The van der Waals surface area contributed by atoms with Gasteiger partial charge < -0.3 is 14.0 Å². The first-order valence-electron chi connectivity index (χ1n) is 7.45. The van der Waals surface area contributed by atoms with E-state index in [-0.39, 0.29) is 5.54 Å².